The highest BCUT2D eigenvalue weighted by Gasteiger charge is 2.12. The molecular weight excluding hydrogens is 337 g/mol. The fourth-order valence-electron chi connectivity index (χ4n) is 1.33. The molecule has 1 heterocycles. The number of aryl methyl sites for hydroxylation is 1. The van der Waals surface area contributed by atoms with Crippen LogP contribution in [0.5, 0.6) is 11.6 Å². The molecule has 0 aliphatic carbocycles. The molecule has 0 radical (unpaired) electrons. The lowest BCUT2D eigenvalue weighted by Gasteiger charge is -2.07. The third kappa shape index (κ3) is 3.39. The first-order valence-corrected chi connectivity index (χ1v) is 6.25. The number of nitrogens with zero attached hydrogens (tertiary/aromatic N) is 3. The molecule has 0 spiro atoms. The summed E-state index contributed by atoms with van der Waals surface area (Å²) in [5.41, 5.74) is 0.592. The number of nitro groups is 1. The molecule has 8 heteroatoms. The van der Waals surface area contributed by atoms with Gasteiger partial charge in [-0.3, -0.25) is 10.1 Å². The van der Waals surface area contributed by atoms with Crippen molar-refractivity contribution in [1.29, 1.82) is 0 Å². The first-order valence-electron chi connectivity index (χ1n) is 5.07. The van der Waals surface area contributed by atoms with E-state index in [0.717, 1.165) is 0 Å². The van der Waals surface area contributed by atoms with Crippen LogP contribution in [-0.4, -0.2) is 14.9 Å². The zero-order chi connectivity index (χ0) is 14.0. The lowest BCUT2D eigenvalue weighted by atomic mass is 10.3. The van der Waals surface area contributed by atoms with E-state index in [1.54, 1.807) is 13.0 Å². The smallest absolute Gasteiger partial charge is 0.274 e. The molecule has 6 nitrogen and oxygen atoms in total. The molecule has 1 aromatic heterocycles. The summed E-state index contributed by atoms with van der Waals surface area (Å²) in [4.78, 5) is 18.0. The molecule has 1 aromatic carbocycles. The van der Waals surface area contributed by atoms with Crippen LogP contribution in [0.15, 0.2) is 28.9 Å². The van der Waals surface area contributed by atoms with Crippen LogP contribution < -0.4 is 4.74 Å². The Morgan fingerprint density at radius 3 is 2.84 bits per heavy atom. The molecule has 98 valence electrons. The molecule has 0 saturated heterocycles. The van der Waals surface area contributed by atoms with Crippen molar-refractivity contribution in [3.63, 3.8) is 0 Å². The Morgan fingerprint density at radius 1 is 1.42 bits per heavy atom. The van der Waals surface area contributed by atoms with E-state index in [9.17, 15) is 10.1 Å². The van der Waals surface area contributed by atoms with Gasteiger partial charge in [0.2, 0.25) is 11.2 Å². The Kier molecular flexibility index (Phi) is 3.96. The summed E-state index contributed by atoms with van der Waals surface area (Å²) in [6.45, 7) is 1.75. The number of non-ortho nitro benzene ring substituents is 1. The van der Waals surface area contributed by atoms with Crippen molar-refractivity contribution >= 4 is 33.2 Å². The van der Waals surface area contributed by atoms with Gasteiger partial charge < -0.3 is 4.74 Å². The Hall–Kier alpha value is -1.73. The van der Waals surface area contributed by atoms with E-state index in [1.165, 1.54) is 18.3 Å². The summed E-state index contributed by atoms with van der Waals surface area (Å²) in [7, 11) is 0. The van der Waals surface area contributed by atoms with Crippen LogP contribution in [0.1, 0.15) is 5.56 Å². The molecule has 0 unspecified atom stereocenters. The van der Waals surface area contributed by atoms with Gasteiger partial charge in [0.1, 0.15) is 5.75 Å². The molecule has 0 amide bonds. The molecule has 0 fully saturated rings. The van der Waals surface area contributed by atoms with Gasteiger partial charge in [-0.25, -0.2) is 4.98 Å². The fraction of sp³-hybridized carbons (Fsp3) is 0.0909. The number of benzene rings is 1. The Labute approximate surface area is 121 Å². The number of ether oxygens (including phenoxy) is 1. The van der Waals surface area contributed by atoms with Crippen LogP contribution in [-0.2, 0) is 0 Å². The zero-order valence-electron chi connectivity index (χ0n) is 9.63. The van der Waals surface area contributed by atoms with Gasteiger partial charge in [0, 0.05) is 22.3 Å². The van der Waals surface area contributed by atoms with Gasteiger partial charge in [0.15, 0.2) is 0 Å². The van der Waals surface area contributed by atoms with Gasteiger partial charge in [-0.15, -0.1) is 0 Å². The number of hydrogen-bond donors (Lipinski definition) is 0. The van der Waals surface area contributed by atoms with Crippen LogP contribution in [0.3, 0.4) is 0 Å². The fourth-order valence-corrected chi connectivity index (χ4v) is 1.92. The second-order valence-corrected chi connectivity index (χ2v) is 4.89. The molecule has 2 rings (SSSR count). The van der Waals surface area contributed by atoms with Crippen molar-refractivity contribution in [2.75, 3.05) is 0 Å². The number of nitro benzene ring substituents is 1. The van der Waals surface area contributed by atoms with E-state index in [0.29, 0.717) is 15.8 Å². The maximum Gasteiger partial charge on any atom is 0.274 e. The van der Waals surface area contributed by atoms with Crippen LogP contribution in [0.2, 0.25) is 5.28 Å². The average molecular weight is 345 g/mol. The second kappa shape index (κ2) is 5.50. The molecule has 0 N–H and O–H groups in total. The SMILES string of the molecule is Cc1cnc(Cl)nc1Oc1cc(Br)cc([N+](=O)[O-])c1. The van der Waals surface area contributed by atoms with E-state index in [4.69, 9.17) is 16.3 Å². The zero-order valence-corrected chi connectivity index (χ0v) is 12.0. The lowest BCUT2D eigenvalue weighted by Crippen LogP contribution is -1.95. The van der Waals surface area contributed by atoms with Gasteiger partial charge >= 0.3 is 0 Å². The van der Waals surface area contributed by atoms with Gasteiger partial charge in [0.05, 0.1) is 11.0 Å². The van der Waals surface area contributed by atoms with E-state index < -0.39 is 4.92 Å². The Morgan fingerprint density at radius 2 is 2.16 bits per heavy atom. The largest absolute Gasteiger partial charge is 0.438 e. The topological polar surface area (TPSA) is 78.2 Å². The second-order valence-electron chi connectivity index (χ2n) is 3.63. The highest BCUT2D eigenvalue weighted by Crippen LogP contribution is 2.30. The van der Waals surface area contributed by atoms with Crippen molar-refractivity contribution in [1.82, 2.24) is 9.97 Å². The summed E-state index contributed by atoms with van der Waals surface area (Å²) in [6, 6.07) is 4.29. The highest BCUT2D eigenvalue weighted by molar-refractivity contribution is 9.10. The minimum absolute atomic E-state index is 0.0464. The molecule has 19 heavy (non-hydrogen) atoms. The van der Waals surface area contributed by atoms with Crippen molar-refractivity contribution < 1.29 is 9.66 Å². The summed E-state index contributed by atoms with van der Waals surface area (Å²) in [5.74, 6) is 0.548. The normalized spacial score (nSPS) is 10.3. The summed E-state index contributed by atoms with van der Waals surface area (Å²) in [6.07, 6.45) is 1.51. The molecule has 0 aliphatic rings. The summed E-state index contributed by atoms with van der Waals surface area (Å²) < 4.78 is 6.03. The first kappa shape index (κ1) is 13.7. The summed E-state index contributed by atoms with van der Waals surface area (Å²) in [5, 5.41) is 10.8. The highest BCUT2D eigenvalue weighted by atomic mass is 79.9. The maximum absolute atomic E-state index is 10.8. The van der Waals surface area contributed by atoms with Crippen LogP contribution >= 0.6 is 27.5 Å². The predicted octanol–water partition coefficient (Wildman–Crippen LogP) is 3.90. The minimum atomic E-state index is -0.503. The van der Waals surface area contributed by atoms with E-state index in [2.05, 4.69) is 25.9 Å². The maximum atomic E-state index is 10.8. The quantitative estimate of drug-likeness (QED) is 0.479. The summed E-state index contributed by atoms with van der Waals surface area (Å²) >= 11 is 8.86. The van der Waals surface area contributed by atoms with E-state index in [-0.39, 0.29) is 16.9 Å². The molecule has 0 atom stereocenters. The van der Waals surface area contributed by atoms with Crippen LogP contribution in [0, 0.1) is 17.0 Å². The third-order valence-corrected chi connectivity index (χ3v) is 2.82. The van der Waals surface area contributed by atoms with Gasteiger partial charge in [0.25, 0.3) is 5.69 Å². The minimum Gasteiger partial charge on any atom is -0.438 e. The predicted molar refractivity (Wildman–Crippen MR) is 72.6 cm³/mol. The van der Waals surface area contributed by atoms with Crippen molar-refractivity contribution in [3.05, 3.63) is 49.8 Å². The molecule has 0 aliphatic heterocycles. The van der Waals surface area contributed by atoms with Crippen molar-refractivity contribution in [3.8, 4) is 11.6 Å². The van der Waals surface area contributed by atoms with Gasteiger partial charge in [-0.1, -0.05) is 15.9 Å². The van der Waals surface area contributed by atoms with E-state index >= 15 is 0 Å². The molecule has 0 bridgehead atoms. The van der Waals surface area contributed by atoms with Crippen LogP contribution in [0.25, 0.3) is 0 Å². The number of rotatable bonds is 3. The number of aromatic nitrogens is 2. The van der Waals surface area contributed by atoms with Crippen molar-refractivity contribution in [2.45, 2.75) is 6.92 Å². The first-order chi connectivity index (χ1) is 8.95. The van der Waals surface area contributed by atoms with Gasteiger partial charge in [-0.05, 0) is 24.6 Å². The monoisotopic (exact) mass is 343 g/mol. The van der Waals surface area contributed by atoms with E-state index in [1.807, 2.05) is 0 Å². The molecule has 2 aromatic rings. The standard InChI is InChI=1S/C11H7BrClN3O3/c1-6-5-14-11(13)15-10(6)19-9-3-7(12)2-8(4-9)16(17)18/h2-5H,1H3. The number of hydrogen-bond acceptors (Lipinski definition) is 5. The van der Waals surface area contributed by atoms with Crippen molar-refractivity contribution in [2.24, 2.45) is 0 Å². The number of halogens is 2. The average Bonchev–Trinajstić information content (AvgIpc) is 2.33. The third-order valence-electron chi connectivity index (χ3n) is 2.18. The lowest BCUT2D eigenvalue weighted by molar-refractivity contribution is -0.385. The molecular formula is C11H7BrClN3O3. The van der Waals surface area contributed by atoms with Crippen LogP contribution in [0.4, 0.5) is 5.69 Å². The Balaban J connectivity index is 2.38. The van der Waals surface area contributed by atoms with Gasteiger partial charge in [-0.2, -0.15) is 4.98 Å². The molecule has 0 saturated carbocycles. The Bertz CT molecular complexity index is 651.